The van der Waals surface area contributed by atoms with E-state index in [1.54, 1.807) is 11.1 Å². The van der Waals surface area contributed by atoms with Crippen molar-refractivity contribution in [2.24, 2.45) is 5.92 Å². The summed E-state index contributed by atoms with van der Waals surface area (Å²) in [6.45, 7) is 4.22. The zero-order chi connectivity index (χ0) is 8.13. The third-order valence-corrected chi connectivity index (χ3v) is 3.53. The van der Waals surface area contributed by atoms with Crippen LogP contribution in [0.3, 0.4) is 0 Å². The quantitative estimate of drug-likeness (QED) is 0.543. The minimum absolute atomic E-state index is 0.685. The Morgan fingerprint density at radius 2 is 1.83 bits per heavy atom. The molecule has 1 fully saturated rings. The van der Waals surface area contributed by atoms with Gasteiger partial charge in [0.2, 0.25) is 0 Å². The zero-order valence-corrected chi connectivity index (χ0v) is 7.16. The fourth-order valence-electron chi connectivity index (χ4n) is 2.98. The molecule has 3 atom stereocenters. The monoisotopic (exact) mass is 157 g/mol. The Morgan fingerprint density at radius 1 is 1.08 bits per heavy atom. The molecule has 0 nitrogen and oxygen atoms in total. The van der Waals surface area contributed by atoms with E-state index in [4.69, 9.17) is 0 Å². The Bertz CT molecular complexity index is 314. The second-order valence-electron chi connectivity index (χ2n) is 4.16. The van der Waals surface area contributed by atoms with Crippen molar-refractivity contribution < 1.29 is 0 Å². The van der Waals surface area contributed by atoms with E-state index in [1.807, 2.05) is 0 Å². The van der Waals surface area contributed by atoms with Crippen molar-refractivity contribution in [2.75, 3.05) is 0 Å². The van der Waals surface area contributed by atoms with E-state index in [0.717, 1.165) is 11.8 Å². The smallest absolute Gasteiger partial charge is 0.0125 e. The molecule has 0 aromatic heterocycles. The molecule has 0 heterocycles. The van der Waals surface area contributed by atoms with E-state index in [9.17, 15) is 0 Å². The van der Waals surface area contributed by atoms with E-state index in [2.05, 4.69) is 31.2 Å². The first kappa shape index (κ1) is 6.71. The van der Waals surface area contributed by atoms with E-state index in [1.165, 1.54) is 12.8 Å². The molecular formula is C12H13. The summed E-state index contributed by atoms with van der Waals surface area (Å²) < 4.78 is 0. The van der Waals surface area contributed by atoms with Crippen LogP contribution >= 0.6 is 0 Å². The van der Waals surface area contributed by atoms with Crippen molar-refractivity contribution in [3.63, 3.8) is 0 Å². The van der Waals surface area contributed by atoms with Crippen LogP contribution in [-0.4, -0.2) is 0 Å². The van der Waals surface area contributed by atoms with Crippen LogP contribution in [-0.2, 0) is 0 Å². The van der Waals surface area contributed by atoms with Crippen LogP contribution in [0.4, 0.5) is 0 Å². The summed E-state index contributed by atoms with van der Waals surface area (Å²) in [6.07, 6.45) is 2.69. The first-order valence-electron chi connectivity index (χ1n) is 4.78. The summed E-state index contributed by atoms with van der Waals surface area (Å²) in [7, 11) is 0. The standard InChI is InChI=1S/C12H13/c1-8-6-9-7-12(8)11-5-3-2-4-10(9)11/h2-5,8-9,12H,1,6-7H2. The van der Waals surface area contributed by atoms with Crippen molar-refractivity contribution in [2.45, 2.75) is 24.7 Å². The average Bonchev–Trinajstić information content (AvgIpc) is 2.62. The lowest BCUT2D eigenvalue weighted by molar-refractivity contribution is 0.567. The summed E-state index contributed by atoms with van der Waals surface area (Å²) in [5, 5.41) is 0. The van der Waals surface area contributed by atoms with Gasteiger partial charge in [0.1, 0.15) is 0 Å². The Kier molecular flexibility index (Phi) is 1.19. The molecule has 1 aromatic rings. The van der Waals surface area contributed by atoms with Gasteiger partial charge in [-0.1, -0.05) is 24.3 Å². The maximum absolute atomic E-state index is 4.22. The van der Waals surface area contributed by atoms with Crippen molar-refractivity contribution in [1.29, 1.82) is 0 Å². The molecule has 0 heteroatoms. The lowest BCUT2D eigenvalue weighted by atomic mass is 9.85. The first-order chi connectivity index (χ1) is 5.86. The number of hydrogen-bond acceptors (Lipinski definition) is 0. The minimum atomic E-state index is 0.685. The van der Waals surface area contributed by atoms with E-state index < -0.39 is 0 Å². The Balaban J connectivity index is 2.17. The van der Waals surface area contributed by atoms with Crippen LogP contribution in [0.5, 0.6) is 0 Å². The Hall–Kier alpha value is -0.780. The number of benzene rings is 1. The lowest BCUT2D eigenvalue weighted by Crippen LogP contribution is -2.06. The number of fused-ring (bicyclic) bond motifs is 5. The molecule has 12 heavy (non-hydrogen) atoms. The molecule has 3 rings (SSSR count). The largest absolute Gasteiger partial charge is 0.0620 e. The second kappa shape index (κ2) is 2.12. The molecule has 1 saturated carbocycles. The SMILES string of the molecule is [CH2]C1CC2CC1c1ccccc12. The molecule has 3 unspecified atom stereocenters. The average molecular weight is 157 g/mol. The molecule has 61 valence electrons. The summed E-state index contributed by atoms with van der Waals surface area (Å²) in [6, 6.07) is 8.91. The van der Waals surface area contributed by atoms with Gasteiger partial charge in [0, 0.05) is 0 Å². The highest BCUT2D eigenvalue weighted by molar-refractivity contribution is 5.42. The van der Waals surface area contributed by atoms with Gasteiger partial charge in [-0.25, -0.2) is 0 Å². The van der Waals surface area contributed by atoms with Crippen LogP contribution in [0.2, 0.25) is 0 Å². The maximum atomic E-state index is 4.22. The number of rotatable bonds is 0. The van der Waals surface area contributed by atoms with Crippen LogP contribution in [0.25, 0.3) is 0 Å². The van der Waals surface area contributed by atoms with Gasteiger partial charge in [-0.2, -0.15) is 0 Å². The van der Waals surface area contributed by atoms with Gasteiger partial charge in [0.05, 0.1) is 0 Å². The van der Waals surface area contributed by atoms with Crippen LogP contribution in [0.15, 0.2) is 24.3 Å². The fourth-order valence-corrected chi connectivity index (χ4v) is 2.98. The van der Waals surface area contributed by atoms with Gasteiger partial charge >= 0.3 is 0 Å². The normalized spacial score (nSPS) is 36.9. The molecule has 2 aliphatic carbocycles. The summed E-state index contributed by atoms with van der Waals surface area (Å²) in [4.78, 5) is 0. The van der Waals surface area contributed by atoms with Gasteiger partial charge < -0.3 is 0 Å². The van der Waals surface area contributed by atoms with Crippen LogP contribution in [0.1, 0.15) is 35.8 Å². The molecule has 0 N–H and O–H groups in total. The van der Waals surface area contributed by atoms with Crippen molar-refractivity contribution in [3.05, 3.63) is 42.3 Å². The van der Waals surface area contributed by atoms with E-state index in [-0.39, 0.29) is 0 Å². The molecular weight excluding hydrogens is 144 g/mol. The molecule has 2 aliphatic rings. The summed E-state index contributed by atoms with van der Waals surface area (Å²) >= 11 is 0. The highest BCUT2D eigenvalue weighted by Gasteiger charge is 2.40. The Morgan fingerprint density at radius 3 is 2.67 bits per heavy atom. The summed E-state index contributed by atoms with van der Waals surface area (Å²) in [5.41, 5.74) is 3.20. The van der Waals surface area contributed by atoms with Gasteiger partial charge in [0.15, 0.2) is 0 Å². The van der Waals surface area contributed by atoms with Crippen LogP contribution in [0, 0.1) is 12.8 Å². The third-order valence-electron chi connectivity index (χ3n) is 3.53. The molecule has 0 amide bonds. The predicted octanol–water partition coefficient (Wildman–Crippen LogP) is 3.11. The maximum Gasteiger partial charge on any atom is -0.0125 e. The Labute approximate surface area is 73.6 Å². The predicted molar refractivity (Wildman–Crippen MR) is 50.0 cm³/mol. The minimum Gasteiger partial charge on any atom is -0.0620 e. The molecule has 1 aromatic carbocycles. The fraction of sp³-hybridized carbons (Fsp3) is 0.417. The van der Waals surface area contributed by atoms with E-state index in [0.29, 0.717) is 5.92 Å². The first-order valence-corrected chi connectivity index (χ1v) is 4.78. The highest BCUT2D eigenvalue weighted by atomic mass is 14.4. The third kappa shape index (κ3) is 0.682. The van der Waals surface area contributed by atoms with Gasteiger partial charge in [0.25, 0.3) is 0 Å². The summed E-state index contributed by atoms with van der Waals surface area (Å²) in [5.74, 6) is 2.31. The van der Waals surface area contributed by atoms with Gasteiger partial charge in [-0.15, -0.1) is 0 Å². The molecule has 0 saturated heterocycles. The number of hydrogen-bond donors (Lipinski definition) is 0. The van der Waals surface area contributed by atoms with Crippen LogP contribution < -0.4 is 0 Å². The molecule has 0 aliphatic heterocycles. The molecule has 0 spiro atoms. The molecule has 2 bridgehead atoms. The van der Waals surface area contributed by atoms with E-state index >= 15 is 0 Å². The lowest BCUT2D eigenvalue weighted by Gasteiger charge is -2.20. The molecule has 1 radical (unpaired) electrons. The van der Waals surface area contributed by atoms with Crippen molar-refractivity contribution in [3.8, 4) is 0 Å². The second-order valence-corrected chi connectivity index (χ2v) is 4.16. The van der Waals surface area contributed by atoms with Gasteiger partial charge in [-0.3, -0.25) is 0 Å². The van der Waals surface area contributed by atoms with Gasteiger partial charge in [-0.05, 0) is 48.6 Å². The highest BCUT2D eigenvalue weighted by Crippen LogP contribution is 2.55. The zero-order valence-electron chi connectivity index (χ0n) is 7.16. The van der Waals surface area contributed by atoms with Crippen molar-refractivity contribution in [1.82, 2.24) is 0 Å². The van der Waals surface area contributed by atoms with Crippen molar-refractivity contribution >= 4 is 0 Å². The topological polar surface area (TPSA) is 0 Å².